The summed E-state index contributed by atoms with van der Waals surface area (Å²) < 4.78 is 13.8. The van der Waals surface area contributed by atoms with Crippen LogP contribution in [0.5, 0.6) is 0 Å². The second-order valence-electron chi connectivity index (χ2n) is 4.66. The number of amides is 1. The average molecular weight is 300 g/mol. The van der Waals surface area contributed by atoms with Crippen molar-refractivity contribution < 1.29 is 9.18 Å². The third-order valence-electron chi connectivity index (χ3n) is 2.89. The highest BCUT2D eigenvalue weighted by molar-refractivity contribution is 9.10. The van der Waals surface area contributed by atoms with Gasteiger partial charge in [-0.2, -0.15) is 0 Å². The maximum atomic E-state index is 13.2. The van der Waals surface area contributed by atoms with Crippen LogP contribution in [0.3, 0.4) is 0 Å². The summed E-state index contributed by atoms with van der Waals surface area (Å²) in [5, 5.41) is 0. The minimum atomic E-state index is -0.379. The zero-order valence-electron chi connectivity index (χ0n) is 9.91. The number of rotatable bonds is 3. The molecule has 17 heavy (non-hydrogen) atoms. The lowest BCUT2D eigenvalue weighted by Crippen LogP contribution is -2.39. The van der Waals surface area contributed by atoms with Crippen LogP contribution in [0.1, 0.15) is 37.0 Å². The van der Waals surface area contributed by atoms with E-state index in [4.69, 9.17) is 0 Å². The first-order valence-corrected chi connectivity index (χ1v) is 6.57. The van der Waals surface area contributed by atoms with Gasteiger partial charge in [-0.3, -0.25) is 4.79 Å². The number of hydrogen-bond donors (Lipinski definition) is 0. The monoisotopic (exact) mass is 299 g/mol. The molecule has 1 aliphatic rings. The van der Waals surface area contributed by atoms with Crippen molar-refractivity contribution in [1.29, 1.82) is 0 Å². The molecule has 0 aliphatic heterocycles. The van der Waals surface area contributed by atoms with Crippen molar-refractivity contribution in [2.45, 2.75) is 38.8 Å². The molecule has 0 heterocycles. The van der Waals surface area contributed by atoms with Crippen LogP contribution in [-0.4, -0.2) is 22.9 Å². The van der Waals surface area contributed by atoms with Gasteiger partial charge in [0.05, 0.1) is 5.56 Å². The first-order valence-electron chi connectivity index (χ1n) is 5.78. The molecular formula is C13H15BrFNO. The summed E-state index contributed by atoms with van der Waals surface area (Å²) in [5.74, 6) is -0.468. The van der Waals surface area contributed by atoms with Crippen molar-refractivity contribution in [2.75, 3.05) is 0 Å². The molecule has 1 saturated carbocycles. The fourth-order valence-electron chi connectivity index (χ4n) is 1.98. The number of carbonyl (C=O) groups excluding carboxylic acids is 1. The molecule has 1 amide bonds. The molecule has 0 unspecified atom stereocenters. The van der Waals surface area contributed by atoms with Crippen LogP contribution in [0, 0.1) is 5.82 Å². The Balaban J connectivity index is 2.31. The number of nitrogens with zero attached hydrogens (tertiary/aromatic N) is 1. The summed E-state index contributed by atoms with van der Waals surface area (Å²) in [6.45, 7) is 3.98. The summed E-state index contributed by atoms with van der Waals surface area (Å²) in [5.41, 5.74) is 0.408. The minimum absolute atomic E-state index is 0.0890. The summed E-state index contributed by atoms with van der Waals surface area (Å²) in [4.78, 5) is 14.2. The maximum Gasteiger partial charge on any atom is 0.255 e. The molecule has 0 bridgehead atoms. The van der Waals surface area contributed by atoms with Gasteiger partial charge >= 0.3 is 0 Å². The highest BCUT2D eigenvalue weighted by Gasteiger charge is 2.35. The van der Waals surface area contributed by atoms with Crippen molar-refractivity contribution in [2.24, 2.45) is 0 Å². The molecule has 1 aromatic rings. The second kappa shape index (κ2) is 4.77. The topological polar surface area (TPSA) is 20.3 Å². The van der Waals surface area contributed by atoms with Crippen LogP contribution in [0.4, 0.5) is 4.39 Å². The first-order chi connectivity index (χ1) is 8.00. The molecular weight excluding hydrogens is 285 g/mol. The highest BCUT2D eigenvalue weighted by Crippen LogP contribution is 2.31. The van der Waals surface area contributed by atoms with Gasteiger partial charge < -0.3 is 4.90 Å². The standard InChI is InChI=1S/C13H15BrFNO/c1-8(2)16(10-4-5-10)13(17)11-7-9(15)3-6-12(11)14/h3,6-8,10H,4-5H2,1-2H3. The second-order valence-corrected chi connectivity index (χ2v) is 5.52. The molecule has 0 N–H and O–H groups in total. The molecule has 0 aromatic heterocycles. The van der Waals surface area contributed by atoms with Gasteiger partial charge in [-0.1, -0.05) is 0 Å². The summed E-state index contributed by atoms with van der Waals surface area (Å²) in [6.07, 6.45) is 2.10. The van der Waals surface area contributed by atoms with E-state index in [1.807, 2.05) is 18.7 Å². The molecule has 1 aromatic carbocycles. The van der Waals surface area contributed by atoms with Gasteiger partial charge in [-0.05, 0) is 60.8 Å². The Labute approximate surface area is 109 Å². The Kier molecular flexibility index (Phi) is 3.52. The van der Waals surface area contributed by atoms with Crippen molar-refractivity contribution >= 4 is 21.8 Å². The third-order valence-corrected chi connectivity index (χ3v) is 3.58. The Bertz CT molecular complexity index is 441. The Hall–Kier alpha value is -0.900. The van der Waals surface area contributed by atoms with Crippen LogP contribution in [0.2, 0.25) is 0 Å². The van der Waals surface area contributed by atoms with E-state index in [9.17, 15) is 9.18 Å². The van der Waals surface area contributed by atoms with Crippen LogP contribution in [0.25, 0.3) is 0 Å². The normalized spacial score (nSPS) is 15.1. The predicted molar refractivity (Wildman–Crippen MR) is 68.4 cm³/mol. The maximum absolute atomic E-state index is 13.2. The average Bonchev–Trinajstić information content (AvgIpc) is 3.05. The Morgan fingerprint density at radius 1 is 1.47 bits per heavy atom. The number of hydrogen-bond acceptors (Lipinski definition) is 1. The fourth-order valence-corrected chi connectivity index (χ4v) is 2.39. The van der Waals surface area contributed by atoms with E-state index in [1.165, 1.54) is 12.1 Å². The van der Waals surface area contributed by atoms with E-state index in [1.54, 1.807) is 6.07 Å². The van der Waals surface area contributed by atoms with E-state index in [2.05, 4.69) is 15.9 Å². The van der Waals surface area contributed by atoms with Crippen LogP contribution >= 0.6 is 15.9 Å². The Morgan fingerprint density at radius 3 is 2.65 bits per heavy atom. The van der Waals surface area contributed by atoms with Gasteiger partial charge in [0.15, 0.2) is 0 Å². The lowest BCUT2D eigenvalue weighted by Gasteiger charge is -2.27. The molecule has 4 heteroatoms. The van der Waals surface area contributed by atoms with Crippen molar-refractivity contribution in [3.8, 4) is 0 Å². The van der Waals surface area contributed by atoms with Gasteiger partial charge in [0, 0.05) is 16.6 Å². The number of benzene rings is 1. The minimum Gasteiger partial charge on any atom is -0.333 e. The first kappa shape index (κ1) is 12.6. The zero-order valence-corrected chi connectivity index (χ0v) is 11.5. The van der Waals surface area contributed by atoms with E-state index in [0.717, 1.165) is 12.8 Å². The molecule has 0 saturated heterocycles. The molecule has 0 spiro atoms. The molecule has 1 fully saturated rings. The number of halogens is 2. The zero-order chi connectivity index (χ0) is 12.6. The summed E-state index contributed by atoms with van der Waals surface area (Å²) >= 11 is 3.30. The smallest absolute Gasteiger partial charge is 0.255 e. The van der Waals surface area contributed by atoms with Crippen LogP contribution in [0.15, 0.2) is 22.7 Å². The van der Waals surface area contributed by atoms with Gasteiger partial charge in [-0.25, -0.2) is 4.39 Å². The van der Waals surface area contributed by atoms with E-state index < -0.39 is 0 Å². The molecule has 0 radical (unpaired) electrons. The predicted octanol–water partition coefficient (Wildman–Crippen LogP) is 3.60. The summed E-state index contributed by atoms with van der Waals surface area (Å²) in [7, 11) is 0. The van der Waals surface area contributed by atoms with E-state index in [0.29, 0.717) is 16.1 Å². The number of carbonyl (C=O) groups is 1. The van der Waals surface area contributed by atoms with Gasteiger partial charge in [0.2, 0.25) is 0 Å². The van der Waals surface area contributed by atoms with Gasteiger partial charge in [-0.15, -0.1) is 0 Å². The van der Waals surface area contributed by atoms with E-state index >= 15 is 0 Å². The van der Waals surface area contributed by atoms with Gasteiger partial charge in [0.25, 0.3) is 5.91 Å². The van der Waals surface area contributed by atoms with Crippen molar-refractivity contribution in [3.05, 3.63) is 34.1 Å². The lowest BCUT2D eigenvalue weighted by atomic mass is 10.1. The lowest BCUT2D eigenvalue weighted by molar-refractivity contribution is 0.0689. The van der Waals surface area contributed by atoms with Crippen molar-refractivity contribution in [3.63, 3.8) is 0 Å². The highest BCUT2D eigenvalue weighted by atomic mass is 79.9. The van der Waals surface area contributed by atoms with Gasteiger partial charge in [0.1, 0.15) is 5.82 Å². The quantitative estimate of drug-likeness (QED) is 0.835. The SMILES string of the molecule is CC(C)N(C(=O)c1cc(F)ccc1Br)C1CC1. The summed E-state index contributed by atoms with van der Waals surface area (Å²) in [6, 6.07) is 4.69. The third kappa shape index (κ3) is 2.68. The fraction of sp³-hybridized carbons (Fsp3) is 0.462. The Morgan fingerprint density at radius 2 is 2.12 bits per heavy atom. The molecule has 0 atom stereocenters. The van der Waals surface area contributed by atoms with E-state index in [-0.39, 0.29) is 17.8 Å². The van der Waals surface area contributed by atoms with Crippen molar-refractivity contribution in [1.82, 2.24) is 4.90 Å². The largest absolute Gasteiger partial charge is 0.333 e. The van der Waals surface area contributed by atoms with Crippen LogP contribution in [-0.2, 0) is 0 Å². The molecule has 92 valence electrons. The molecule has 2 nitrogen and oxygen atoms in total. The molecule has 2 rings (SSSR count). The van der Waals surface area contributed by atoms with Crippen LogP contribution < -0.4 is 0 Å². The molecule has 1 aliphatic carbocycles.